The Morgan fingerprint density at radius 1 is 1.25 bits per heavy atom. The zero-order chi connectivity index (χ0) is 17.1. The van der Waals surface area contributed by atoms with Crippen LogP contribution in [0.4, 0.5) is 0 Å². The Bertz CT molecular complexity index is 898. The van der Waals surface area contributed by atoms with Crippen LogP contribution in [0.25, 0.3) is 21.3 Å². The highest BCUT2D eigenvalue weighted by molar-refractivity contribution is 7.98. The minimum absolute atomic E-state index is 0.0535. The number of aromatic nitrogens is 2. The molecule has 0 atom stereocenters. The minimum atomic E-state index is -0.0535. The summed E-state index contributed by atoms with van der Waals surface area (Å²) in [5, 5.41) is 0.701. The van der Waals surface area contributed by atoms with E-state index in [2.05, 4.69) is 41.2 Å². The van der Waals surface area contributed by atoms with E-state index in [0.717, 1.165) is 32.4 Å². The first-order valence-corrected chi connectivity index (χ1v) is 9.73. The monoisotopic (exact) mass is 360 g/mol. The number of fused-ring (bicyclic) bond motifs is 1. The van der Waals surface area contributed by atoms with E-state index >= 15 is 0 Å². The van der Waals surface area contributed by atoms with E-state index < -0.39 is 0 Å². The summed E-state index contributed by atoms with van der Waals surface area (Å²) < 4.78 is 5.04. The largest absolute Gasteiger partial charge is 0.384 e. The summed E-state index contributed by atoms with van der Waals surface area (Å²) in [5.41, 5.74) is 3.22. The van der Waals surface area contributed by atoms with E-state index in [1.807, 2.05) is 6.92 Å². The Labute approximate surface area is 149 Å². The summed E-state index contributed by atoms with van der Waals surface area (Å²) in [6.45, 7) is 4.81. The van der Waals surface area contributed by atoms with E-state index in [-0.39, 0.29) is 5.56 Å². The number of methoxy groups -OCH3 is 1. The van der Waals surface area contributed by atoms with Gasteiger partial charge in [-0.05, 0) is 19.4 Å². The molecule has 0 unspecified atom stereocenters. The lowest BCUT2D eigenvalue weighted by atomic mass is 10.0. The number of aryl methyl sites for hydroxylation is 2. The molecule has 2 heterocycles. The van der Waals surface area contributed by atoms with Crippen molar-refractivity contribution in [2.75, 3.05) is 19.5 Å². The number of thiophene rings is 1. The summed E-state index contributed by atoms with van der Waals surface area (Å²) in [4.78, 5) is 22.2. The van der Waals surface area contributed by atoms with Gasteiger partial charge in [-0.15, -0.1) is 11.3 Å². The molecule has 2 aromatic heterocycles. The summed E-state index contributed by atoms with van der Waals surface area (Å²) in [7, 11) is 1.69. The number of ether oxygens (including phenoxy) is 1. The lowest BCUT2D eigenvalue weighted by Crippen LogP contribution is -2.11. The van der Waals surface area contributed by atoms with Gasteiger partial charge in [0, 0.05) is 23.3 Å². The van der Waals surface area contributed by atoms with Crippen LogP contribution in [-0.2, 0) is 10.5 Å². The quantitative estimate of drug-likeness (QED) is 0.671. The minimum Gasteiger partial charge on any atom is -0.384 e. The van der Waals surface area contributed by atoms with Crippen LogP contribution < -0.4 is 5.56 Å². The molecule has 0 bridgehead atoms. The van der Waals surface area contributed by atoms with Crippen molar-refractivity contribution in [2.45, 2.75) is 19.6 Å². The molecule has 0 spiro atoms. The maximum atomic E-state index is 12.6. The van der Waals surface area contributed by atoms with Gasteiger partial charge in [0.1, 0.15) is 10.7 Å². The Morgan fingerprint density at radius 3 is 2.71 bits per heavy atom. The van der Waals surface area contributed by atoms with Crippen molar-refractivity contribution in [1.29, 1.82) is 0 Å². The first-order chi connectivity index (χ1) is 11.6. The number of hydrogen-bond donors (Lipinski definition) is 1. The van der Waals surface area contributed by atoms with Crippen molar-refractivity contribution in [3.05, 3.63) is 50.9 Å². The van der Waals surface area contributed by atoms with Gasteiger partial charge in [0.05, 0.1) is 17.7 Å². The number of H-pyrrole nitrogens is 1. The molecule has 0 saturated heterocycles. The number of thioether (sulfide) groups is 1. The highest BCUT2D eigenvalue weighted by Crippen LogP contribution is 2.35. The topological polar surface area (TPSA) is 55.0 Å². The Morgan fingerprint density at radius 2 is 2.00 bits per heavy atom. The van der Waals surface area contributed by atoms with Crippen molar-refractivity contribution < 1.29 is 4.74 Å². The molecule has 0 amide bonds. The van der Waals surface area contributed by atoms with Gasteiger partial charge in [-0.1, -0.05) is 29.8 Å². The van der Waals surface area contributed by atoms with Crippen LogP contribution in [0.15, 0.2) is 29.1 Å². The Hall–Kier alpha value is -1.63. The van der Waals surface area contributed by atoms with Gasteiger partial charge in [-0.2, -0.15) is 11.8 Å². The number of nitrogens with zero attached hydrogens (tertiary/aromatic N) is 1. The Kier molecular flexibility index (Phi) is 5.38. The first-order valence-electron chi connectivity index (χ1n) is 7.76. The number of nitrogens with one attached hydrogen (secondary N) is 1. The predicted molar refractivity (Wildman–Crippen MR) is 103 cm³/mol. The first kappa shape index (κ1) is 17.2. The Balaban J connectivity index is 1.99. The van der Waals surface area contributed by atoms with Gasteiger partial charge in [0.25, 0.3) is 5.56 Å². The molecule has 0 aliphatic heterocycles. The summed E-state index contributed by atoms with van der Waals surface area (Å²) in [6.07, 6.45) is 0. The molecule has 0 aliphatic carbocycles. The van der Waals surface area contributed by atoms with Gasteiger partial charge < -0.3 is 9.72 Å². The third-order valence-corrected chi connectivity index (χ3v) is 5.73. The van der Waals surface area contributed by atoms with E-state index in [4.69, 9.17) is 4.74 Å². The molecule has 6 heteroatoms. The summed E-state index contributed by atoms with van der Waals surface area (Å²) >= 11 is 3.29. The second-order valence-electron chi connectivity index (χ2n) is 5.64. The van der Waals surface area contributed by atoms with Crippen LogP contribution in [0, 0.1) is 13.8 Å². The second-order valence-corrected chi connectivity index (χ2v) is 7.95. The lowest BCUT2D eigenvalue weighted by molar-refractivity contribution is 0.218. The highest BCUT2D eigenvalue weighted by Gasteiger charge is 2.16. The molecule has 4 nitrogen and oxygen atoms in total. The van der Waals surface area contributed by atoms with Crippen molar-refractivity contribution >= 4 is 33.3 Å². The molecule has 1 N–H and O–H groups in total. The molecular formula is C18H20N2O2S2. The smallest absolute Gasteiger partial charge is 0.260 e. The fraction of sp³-hybridized carbons (Fsp3) is 0.333. The van der Waals surface area contributed by atoms with E-state index in [1.54, 1.807) is 30.2 Å². The van der Waals surface area contributed by atoms with Gasteiger partial charge in [0.2, 0.25) is 0 Å². The zero-order valence-corrected chi connectivity index (χ0v) is 15.6. The normalized spacial score (nSPS) is 11.3. The number of rotatable bonds is 6. The van der Waals surface area contributed by atoms with E-state index in [1.165, 1.54) is 5.56 Å². The van der Waals surface area contributed by atoms with E-state index in [9.17, 15) is 4.79 Å². The van der Waals surface area contributed by atoms with Crippen molar-refractivity contribution in [1.82, 2.24) is 9.97 Å². The fourth-order valence-electron chi connectivity index (χ4n) is 2.61. The van der Waals surface area contributed by atoms with Crippen LogP contribution in [0.2, 0.25) is 0 Å². The molecule has 0 saturated carbocycles. The maximum absolute atomic E-state index is 12.6. The van der Waals surface area contributed by atoms with Crippen LogP contribution in [0.1, 0.15) is 16.3 Å². The summed E-state index contributed by atoms with van der Waals surface area (Å²) in [6, 6.07) is 8.27. The van der Waals surface area contributed by atoms with Gasteiger partial charge in [-0.25, -0.2) is 4.98 Å². The molecule has 3 aromatic rings. The maximum Gasteiger partial charge on any atom is 0.260 e. The molecular weight excluding hydrogens is 340 g/mol. The van der Waals surface area contributed by atoms with Gasteiger partial charge in [-0.3, -0.25) is 4.79 Å². The number of hydrogen-bond acceptors (Lipinski definition) is 5. The molecule has 0 aliphatic rings. The van der Waals surface area contributed by atoms with Crippen LogP contribution in [-0.4, -0.2) is 29.4 Å². The third-order valence-electron chi connectivity index (χ3n) is 3.80. The predicted octanol–water partition coefficient (Wildman–Crippen LogP) is 4.15. The average molecular weight is 361 g/mol. The lowest BCUT2D eigenvalue weighted by Gasteiger charge is -2.04. The number of benzene rings is 1. The standard InChI is InChI=1S/C18H20N2O2S2/c1-11-4-6-13(7-5-11)15-12(2)24-18-16(15)17(21)19-14(20-18)10-23-9-8-22-3/h4-7H,8-10H2,1-3H3,(H,19,20,21). The van der Waals surface area contributed by atoms with Crippen LogP contribution >= 0.6 is 23.1 Å². The second kappa shape index (κ2) is 7.51. The van der Waals surface area contributed by atoms with E-state index in [0.29, 0.717) is 17.7 Å². The van der Waals surface area contributed by atoms with Crippen molar-refractivity contribution in [3.63, 3.8) is 0 Å². The molecule has 1 aromatic carbocycles. The van der Waals surface area contributed by atoms with Crippen molar-refractivity contribution in [3.8, 4) is 11.1 Å². The number of aromatic amines is 1. The molecule has 126 valence electrons. The van der Waals surface area contributed by atoms with Crippen molar-refractivity contribution in [2.24, 2.45) is 0 Å². The molecule has 24 heavy (non-hydrogen) atoms. The average Bonchev–Trinajstić information content (AvgIpc) is 2.89. The molecule has 0 radical (unpaired) electrons. The SMILES string of the molecule is COCCSCc1nc2sc(C)c(-c3ccc(C)cc3)c2c(=O)[nH]1. The molecule has 0 fully saturated rings. The van der Waals surface area contributed by atoms with Gasteiger partial charge in [0.15, 0.2) is 0 Å². The highest BCUT2D eigenvalue weighted by atomic mass is 32.2. The molecule has 3 rings (SSSR count). The summed E-state index contributed by atoms with van der Waals surface area (Å²) in [5.74, 6) is 2.30. The zero-order valence-electron chi connectivity index (χ0n) is 14.0. The van der Waals surface area contributed by atoms with Crippen LogP contribution in [0.3, 0.4) is 0 Å². The fourth-order valence-corrected chi connectivity index (χ4v) is 4.43. The van der Waals surface area contributed by atoms with Crippen LogP contribution in [0.5, 0.6) is 0 Å². The third kappa shape index (κ3) is 3.55. The van der Waals surface area contributed by atoms with Gasteiger partial charge >= 0.3 is 0 Å².